The molecule has 1 atom stereocenters. The van der Waals surface area contributed by atoms with Crippen LogP contribution < -0.4 is 15.5 Å². The van der Waals surface area contributed by atoms with E-state index in [1.54, 1.807) is 0 Å². The Bertz CT molecular complexity index is 676. The zero-order valence-electron chi connectivity index (χ0n) is 14.1. The summed E-state index contributed by atoms with van der Waals surface area (Å²) in [5.74, 6) is -0.784. The zero-order chi connectivity index (χ0) is 18.0. The molecule has 1 aromatic carbocycles. The van der Waals surface area contributed by atoms with E-state index < -0.39 is 17.6 Å². The first-order valence-corrected chi connectivity index (χ1v) is 8.39. The van der Waals surface area contributed by atoms with Crippen molar-refractivity contribution in [2.45, 2.75) is 37.9 Å². The third-order valence-electron chi connectivity index (χ3n) is 4.56. The highest BCUT2D eigenvalue weighted by atomic mass is 35.5. The Balaban J connectivity index is 0.00000243. The van der Waals surface area contributed by atoms with E-state index in [1.807, 2.05) is 0 Å². The molecular formula is C17H21ClF3N3O2. The largest absolute Gasteiger partial charge is 0.416 e. The Morgan fingerprint density at radius 3 is 2.62 bits per heavy atom. The molecule has 2 N–H and O–H groups in total. The molecule has 1 aromatic rings. The predicted octanol–water partition coefficient (Wildman–Crippen LogP) is 2.74. The van der Waals surface area contributed by atoms with E-state index in [4.69, 9.17) is 0 Å². The number of nitrogens with one attached hydrogen (secondary N) is 2. The minimum absolute atomic E-state index is 0. The molecule has 5 nitrogen and oxygen atoms in total. The van der Waals surface area contributed by atoms with Crippen LogP contribution in [0.1, 0.15) is 41.6 Å². The van der Waals surface area contributed by atoms with E-state index in [1.165, 1.54) is 11.0 Å². The lowest BCUT2D eigenvalue weighted by Crippen LogP contribution is -2.37. The Morgan fingerprint density at radius 2 is 2.04 bits per heavy atom. The summed E-state index contributed by atoms with van der Waals surface area (Å²) in [6, 6.07) is 3.27. The van der Waals surface area contributed by atoms with Crippen molar-refractivity contribution in [3.05, 3.63) is 29.3 Å². The van der Waals surface area contributed by atoms with Crippen molar-refractivity contribution in [2.24, 2.45) is 0 Å². The van der Waals surface area contributed by atoms with Gasteiger partial charge in [-0.3, -0.25) is 9.59 Å². The minimum atomic E-state index is -4.58. The molecule has 0 aromatic heterocycles. The maximum atomic E-state index is 13.2. The van der Waals surface area contributed by atoms with Crippen LogP contribution in [0.3, 0.4) is 0 Å². The Labute approximate surface area is 155 Å². The molecule has 1 unspecified atom stereocenters. The van der Waals surface area contributed by atoms with Crippen LogP contribution in [0.25, 0.3) is 0 Å². The fraction of sp³-hybridized carbons (Fsp3) is 0.529. The maximum absolute atomic E-state index is 13.2. The third-order valence-corrected chi connectivity index (χ3v) is 4.56. The van der Waals surface area contributed by atoms with Gasteiger partial charge in [0.15, 0.2) is 0 Å². The fourth-order valence-electron chi connectivity index (χ4n) is 3.23. The number of benzene rings is 1. The molecule has 26 heavy (non-hydrogen) atoms. The lowest BCUT2D eigenvalue weighted by atomic mass is 10.1. The molecule has 9 heteroatoms. The van der Waals surface area contributed by atoms with Crippen LogP contribution in [0.2, 0.25) is 0 Å². The van der Waals surface area contributed by atoms with Gasteiger partial charge >= 0.3 is 6.18 Å². The van der Waals surface area contributed by atoms with Gasteiger partial charge in [-0.05, 0) is 44.0 Å². The average molecular weight is 392 g/mol. The quantitative estimate of drug-likeness (QED) is 0.829. The number of hydrogen-bond donors (Lipinski definition) is 2. The number of carbonyl (C=O) groups excluding carboxylic acids is 2. The molecule has 3 rings (SSSR count). The standard InChI is InChI=1S/C17H20F3N3O2.ClH/c18-17(19,20)12-7-11(16(25)22-10-13-3-1-5-21-13)8-14(9-12)23-6-2-4-15(23)24;/h7-9,13,21H,1-6,10H2,(H,22,25);1H. The molecule has 2 aliphatic rings. The van der Waals surface area contributed by atoms with Gasteiger partial charge in [0.25, 0.3) is 5.91 Å². The normalized spacial score (nSPS) is 20.2. The van der Waals surface area contributed by atoms with Gasteiger partial charge in [0.05, 0.1) is 5.56 Å². The highest BCUT2D eigenvalue weighted by molar-refractivity contribution is 5.99. The zero-order valence-corrected chi connectivity index (χ0v) is 14.9. The van der Waals surface area contributed by atoms with Crippen molar-refractivity contribution < 1.29 is 22.8 Å². The SMILES string of the molecule is Cl.O=C(NCC1CCCN1)c1cc(N2CCCC2=O)cc(C(F)(F)F)c1. The van der Waals surface area contributed by atoms with Crippen molar-refractivity contribution in [3.8, 4) is 0 Å². The van der Waals surface area contributed by atoms with E-state index >= 15 is 0 Å². The van der Waals surface area contributed by atoms with Crippen LogP contribution in [0.5, 0.6) is 0 Å². The number of amides is 2. The van der Waals surface area contributed by atoms with Crippen molar-refractivity contribution in [1.29, 1.82) is 0 Å². The molecular weight excluding hydrogens is 371 g/mol. The van der Waals surface area contributed by atoms with Gasteiger partial charge in [0.1, 0.15) is 0 Å². The minimum Gasteiger partial charge on any atom is -0.350 e. The molecule has 0 radical (unpaired) electrons. The molecule has 2 aliphatic heterocycles. The van der Waals surface area contributed by atoms with Crippen LogP contribution in [-0.2, 0) is 11.0 Å². The molecule has 0 spiro atoms. The van der Waals surface area contributed by atoms with Crippen LogP contribution in [0.4, 0.5) is 18.9 Å². The van der Waals surface area contributed by atoms with E-state index in [0.717, 1.165) is 31.5 Å². The molecule has 144 valence electrons. The summed E-state index contributed by atoms with van der Waals surface area (Å²) < 4.78 is 39.5. The number of alkyl halides is 3. The van der Waals surface area contributed by atoms with Crippen molar-refractivity contribution in [2.75, 3.05) is 24.5 Å². The first-order chi connectivity index (χ1) is 11.8. The number of carbonyl (C=O) groups is 2. The van der Waals surface area contributed by atoms with Gasteiger partial charge < -0.3 is 15.5 Å². The lowest BCUT2D eigenvalue weighted by molar-refractivity contribution is -0.137. The first-order valence-electron chi connectivity index (χ1n) is 8.39. The number of hydrogen-bond acceptors (Lipinski definition) is 3. The monoisotopic (exact) mass is 391 g/mol. The number of anilines is 1. The predicted molar refractivity (Wildman–Crippen MR) is 93.6 cm³/mol. The second kappa shape index (κ2) is 8.26. The molecule has 2 amide bonds. The smallest absolute Gasteiger partial charge is 0.350 e. The van der Waals surface area contributed by atoms with Gasteiger partial charge in [-0.25, -0.2) is 0 Å². The van der Waals surface area contributed by atoms with Gasteiger partial charge in [-0.1, -0.05) is 0 Å². The van der Waals surface area contributed by atoms with Crippen LogP contribution in [0.15, 0.2) is 18.2 Å². The highest BCUT2D eigenvalue weighted by Gasteiger charge is 2.33. The fourth-order valence-corrected chi connectivity index (χ4v) is 3.23. The Kier molecular flexibility index (Phi) is 6.52. The summed E-state index contributed by atoms with van der Waals surface area (Å²) in [4.78, 5) is 25.5. The molecule has 2 saturated heterocycles. The van der Waals surface area contributed by atoms with E-state index in [-0.39, 0.29) is 35.6 Å². The first kappa shape index (κ1) is 20.5. The Hall–Kier alpha value is -1.80. The number of rotatable bonds is 4. The van der Waals surface area contributed by atoms with Gasteiger partial charge in [-0.2, -0.15) is 13.2 Å². The van der Waals surface area contributed by atoms with Crippen molar-refractivity contribution in [1.82, 2.24) is 10.6 Å². The van der Waals surface area contributed by atoms with Gasteiger partial charge in [-0.15, -0.1) is 12.4 Å². The van der Waals surface area contributed by atoms with Gasteiger partial charge in [0.2, 0.25) is 5.91 Å². The second-order valence-electron chi connectivity index (χ2n) is 6.42. The van der Waals surface area contributed by atoms with E-state index in [0.29, 0.717) is 25.9 Å². The number of nitrogens with zero attached hydrogens (tertiary/aromatic N) is 1. The molecule has 0 bridgehead atoms. The summed E-state index contributed by atoms with van der Waals surface area (Å²) in [5, 5.41) is 5.89. The van der Waals surface area contributed by atoms with E-state index in [9.17, 15) is 22.8 Å². The van der Waals surface area contributed by atoms with Crippen molar-refractivity contribution >= 4 is 29.9 Å². The van der Waals surface area contributed by atoms with Crippen LogP contribution in [0, 0.1) is 0 Å². The van der Waals surface area contributed by atoms with Gasteiger partial charge in [0, 0.05) is 36.8 Å². The average Bonchev–Trinajstić information content (AvgIpc) is 3.22. The Morgan fingerprint density at radius 1 is 1.27 bits per heavy atom. The summed E-state index contributed by atoms with van der Waals surface area (Å²) in [6.45, 7) is 1.62. The van der Waals surface area contributed by atoms with Crippen LogP contribution >= 0.6 is 12.4 Å². The lowest BCUT2D eigenvalue weighted by Gasteiger charge is -2.19. The van der Waals surface area contributed by atoms with E-state index in [2.05, 4.69) is 10.6 Å². The summed E-state index contributed by atoms with van der Waals surface area (Å²) >= 11 is 0. The topological polar surface area (TPSA) is 61.4 Å². The summed E-state index contributed by atoms with van der Waals surface area (Å²) in [6.07, 6.45) is -1.72. The third kappa shape index (κ3) is 4.67. The summed E-state index contributed by atoms with van der Waals surface area (Å²) in [5.41, 5.74) is -0.877. The van der Waals surface area contributed by atoms with Crippen LogP contribution in [-0.4, -0.2) is 37.5 Å². The molecule has 2 fully saturated rings. The molecule has 0 aliphatic carbocycles. The number of halogens is 4. The summed E-state index contributed by atoms with van der Waals surface area (Å²) in [7, 11) is 0. The molecule has 2 heterocycles. The highest BCUT2D eigenvalue weighted by Crippen LogP contribution is 2.34. The van der Waals surface area contributed by atoms with Crippen molar-refractivity contribution in [3.63, 3.8) is 0 Å². The maximum Gasteiger partial charge on any atom is 0.416 e. The molecule has 0 saturated carbocycles. The second-order valence-corrected chi connectivity index (χ2v) is 6.42.